The second-order valence-electron chi connectivity index (χ2n) is 21.6. The Labute approximate surface area is 454 Å². The summed E-state index contributed by atoms with van der Waals surface area (Å²) in [6.07, 6.45) is 1.52. The highest BCUT2D eigenvalue weighted by molar-refractivity contribution is 8.00. The summed E-state index contributed by atoms with van der Waals surface area (Å²) in [5.74, 6) is -2.70. The predicted octanol–water partition coefficient (Wildman–Crippen LogP) is 9.70. The Bertz CT molecular complexity index is 2210. The van der Waals surface area contributed by atoms with Gasteiger partial charge in [-0.25, -0.2) is 0 Å². The van der Waals surface area contributed by atoms with E-state index in [9.17, 15) is 28.8 Å². The molecule has 3 rings (SSSR count). The molecule has 0 fully saturated rings. The van der Waals surface area contributed by atoms with Crippen LogP contribution >= 0.6 is 23.5 Å². The van der Waals surface area contributed by atoms with Crippen LogP contribution in [0.5, 0.6) is 0 Å². The smallest absolute Gasteiger partial charge is 0.305 e. The molecule has 0 saturated heterocycles. The summed E-state index contributed by atoms with van der Waals surface area (Å²) in [6, 6.07) is 21.6. The van der Waals surface area contributed by atoms with Gasteiger partial charge in [0.15, 0.2) is 5.78 Å². The third-order valence-electron chi connectivity index (χ3n) is 13.4. The van der Waals surface area contributed by atoms with Crippen molar-refractivity contribution >= 4 is 59.0 Å². The summed E-state index contributed by atoms with van der Waals surface area (Å²) in [5, 5.41) is 26.7. The number of ether oxygens (including phenoxy) is 4. The van der Waals surface area contributed by atoms with E-state index in [0.717, 1.165) is 27.3 Å². The summed E-state index contributed by atoms with van der Waals surface area (Å²) < 4.78 is 23.6. The fraction of sp³-hybridized carbons (Fsp3) is 0.586. The molecule has 17 heteroatoms. The van der Waals surface area contributed by atoms with Gasteiger partial charge in [0.25, 0.3) is 5.91 Å². The number of Topliss-reactive ketones (excluding diaryl/α,β-unsaturated/α-hetero) is 1. The van der Waals surface area contributed by atoms with Crippen molar-refractivity contribution in [1.29, 1.82) is 0 Å². The standard InChI is InChI=1S/C58H85N3O12S2/c1-11-56(8,38-73-40-58(10,13-3)39-71-29-27-51(65)66)33-59-49(62)30-48(54(69)60-34-57(9,12-2)37-72-36-55(6,7)35-70-28-26-50(63)64)61-53(68)44-20-18-43(19-21-44)52(67)45(31-74-46-22-14-41(4)15-23-46)32-75-47-24-16-42(5)17-25-47/h14-25,45,48H,11-13,26-40H2,1-10H3,(H,59,62)(H,60,69)(H,61,68)(H,63,64)(H,65,66). The van der Waals surface area contributed by atoms with Crippen molar-refractivity contribution in [3.8, 4) is 0 Å². The van der Waals surface area contributed by atoms with Crippen LogP contribution in [0.2, 0.25) is 0 Å². The van der Waals surface area contributed by atoms with Crippen LogP contribution in [0.15, 0.2) is 82.6 Å². The lowest BCUT2D eigenvalue weighted by Gasteiger charge is -2.33. The lowest BCUT2D eigenvalue weighted by Crippen LogP contribution is -2.52. The lowest BCUT2D eigenvalue weighted by atomic mass is 9.87. The van der Waals surface area contributed by atoms with Gasteiger partial charge in [-0.15, -0.1) is 23.5 Å². The molecule has 0 saturated carbocycles. The molecular weight excluding hydrogens is 995 g/mol. The van der Waals surface area contributed by atoms with Crippen molar-refractivity contribution < 1.29 is 57.9 Å². The van der Waals surface area contributed by atoms with Crippen LogP contribution in [0.4, 0.5) is 0 Å². The summed E-state index contributed by atoms with van der Waals surface area (Å²) >= 11 is 3.26. The van der Waals surface area contributed by atoms with E-state index in [1.165, 1.54) is 0 Å². The number of carboxylic acids is 2. The first-order valence-electron chi connectivity index (χ1n) is 26.1. The van der Waals surface area contributed by atoms with E-state index in [4.69, 9.17) is 29.2 Å². The quantitative estimate of drug-likeness (QED) is 0.0205. The van der Waals surface area contributed by atoms with E-state index < -0.39 is 51.9 Å². The number of aliphatic carboxylic acids is 2. The highest BCUT2D eigenvalue weighted by atomic mass is 32.2. The van der Waals surface area contributed by atoms with Crippen molar-refractivity contribution in [2.24, 2.45) is 27.6 Å². The van der Waals surface area contributed by atoms with Gasteiger partial charge in [-0.1, -0.05) is 103 Å². The second-order valence-corrected chi connectivity index (χ2v) is 23.8. The van der Waals surface area contributed by atoms with Gasteiger partial charge in [0.05, 0.1) is 72.1 Å². The highest BCUT2D eigenvalue weighted by Crippen LogP contribution is 2.30. The first kappa shape index (κ1) is 64.5. The van der Waals surface area contributed by atoms with Crippen LogP contribution in [0.25, 0.3) is 0 Å². The summed E-state index contributed by atoms with van der Waals surface area (Å²) in [5.41, 5.74) is 1.25. The molecule has 15 nitrogen and oxygen atoms in total. The van der Waals surface area contributed by atoms with Crippen LogP contribution in [0, 0.1) is 41.4 Å². The van der Waals surface area contributed by atoms with Crippen LogP contribution in [0.3, 0.4) is 0 Å². The first-order valence-corrected chi connectivity index (χ1v) is 28.0. The molecule has 3 aromatic carbocycles. The zero-order valence-corrected chi connectivity index (χ0v) is 47.7. The molecule has 0 spiro atoms. The van der Waals surface area contributed by atoms with Gasteiger partial charge in [0.2, 0.25) is 11.8 Å². The van der Waals surface area contributed by atoms with Gasteiger partial charge in [-0.2, -0.15) is 0 Å². The first-order chi connectivity index (χ1) is 35.4. The maximum Gasteiger partial charge on any atom is 0.305 e. The topological polar surface area (TPSA) is 216 Å². The largest absolute Gasteiger partial charge is 0.481 e. The second kappa shape index (κ2) is 32.1. The molecule has 3 aromatic rings. The molecule has 4 unspecified atom stereocenters. The van der Waals surface area contributed by atoms with Crippen molar-refractivity contribution in [2.45, 2.75) is 124 Å². The van der Waals surface area contributed by atoms with Gasteiger partial charge >= 0.3 is 11.9 Å². The molecule has 75 heavy (non-hydrogen) atoms. The Morgan fingerprint density at radius 1 is 0.547 bits per heavy atom. The SMILES string of the molecule is CCC(C)(CNC(=O)CC(NC(=O)c1ccc(C(=O)C(CSc2ccc(C)cc2)CSc2ccc(C)cc2)cc1)C(=O)NCC(C)(CC)COCC(C)(C)COCCC(=O)O)COCC(C)(CC)COCCC(=O)O. The molecule has 0 bridgehead atoms. The maximum atomic E-state index is 14.2. The number of ketones is 1. The Balaban J connectivity index is 1.77. The minimum Gasteiger partial charge on any atom is -0.481 e. The zero-order chi connectivity index (χ0) is 55.7. The number of benzene rings is 3. The van der Waals surface area contributed by atoms with E-state index in [-0.39, 0.29) is 74.9 Å². The molecule has 3 amide bonds. The highest BCUT2D eigenvalue weighted by Gasteiger charge is 2.32. The molecule has 0 aromatic heterocycles. The van der Waals surface area contributed by atoms with E-state index in [2.05, 4.69) is 64.5 Å². The molecular formula is C58H85N3O12S2. The number of aryl methyl sites for hydroxylation is 2. The Morgan fingerprint density at radius 3 is 1.44 bits per heavy atom. The summed E-state index contributed by atoms with van der Waals surface area (Å²) in [6.45, 7) is 22.6. The Morgan fingerprint density at radius 2 is 0.960 bits per heavy atom. The third-order valence-corrected chi connectivity index (χ3v) is 15.8. The summed E-state index contributed by atoms with van der Waals surface area (Å²) in [7, 11) is 0. The monoisotopic (exact) mass is 1080 g/mol. The molecule has 0 aliphatic carbocycles. The van der Waals surface area contributed by atoms with Gasteiger partial charge in [-0.3, -0.25) is 28.8 Å². The number of carbonyl (C=O) groups excluding carboxylic acids is 4. The molecule has 5 N–H and O–H groups in total. The fourth-order valence-electron chi connectivity index (χ4n) is 7.27. The number of amides is 3. The van der Waals surface area contributed by atoms with Crippen molar-refractivity contribution in [3.63, 3.8) is 0 Å². The molecule has 0 aliphatic heterocycles. The molecule has 0 aliphatic rings. The molecule has 0 heterocycles. The van der Waals surface area contributed by atoms with Crippen LogP contribution in [-0.2, 0) is 38.1 Å². The fourth-order valence-corrected chi connectivity index (χ4v) is 9.41. The number of rotatable bonds is 38. The average Bonchev–Trinajstić information content (AvgIpc) is 3.38. The normalized spacial score (nSPS) is 14.5. The Hall–Kier alpha value is -4.78. The van der Waals surface area contributed by atoms with Gasteiger partial charge in [0, 0.05) is 73.1 Å². The number of hydrogen-bond donors (Lipinski definition) is 5. The number of carbonyl (C=O) groups is 6. The van der Waals surface area contributed by atoms with E-state index in [0.29, 0.717) is 62.9 Å². The van der Waals surface area contributed by atoms with Crippen LogP contribution < -0.4 is 16.0 Å². The van der Waals surface area contributed by atoms with Crippen LogP contribution in [0.1, 0.15) is 126 Å². The van der Waals surface area contributed by atoms with Gasteiger partial charge in [0.1, 0.15) is 6.04 Å². The number of thioether (sulfide) groups is 2. The molecule has 416 valence electrons. The van der Waals surface area contributed by atoms with Gasteiger partial charge in [-0.05, 0) is 69.5 Å². The predicted molar refractivity (Wildman–Crippen MR) is 297 cm³/mol. The summed E-state index contributed by atoms with van der Waals surface area (Å²) in [4.78, 5) is 80.1. The number of carboxylic acid groups (broad SMARTS) is 2. The van der Waals surface area contributed by atoms with E-state index >= 15 is 0 Å². The number of hydrogen-bond acceptors (Lipinski definition) is 12. The minimum atomic E-state index is -1.26. The van der Waals surface area contributed by atoms with E-state index in [1.807, 2.05) is 69.2 Å². The van der Waals surface area contributed by atoms with Crippen molar-refractivity contribution in [2.75, 3.05) is 77.5 Å². The zero-order valence-electron chi connectivity index (χ0n) is 46.1. The molecule has 0 radical (unpaired) electrons. The van der Waals surface area contributed by atoms with E-state index in [1.54, 1.807) is 47.8 Å². The third kappa shape index (κ3) is 24.8. The maximum absolute atomic E-state index is 14.2. The van der Waals surface area contributed by atoms with Crippen molar-refractivity contribution in [3.05, 3.63) is 95.1 Å². The Kier molecular flexibility index (Phi) is 27.6. The van der Waals surface area contributed by atoms with Crippen LogP contribution in [-0.4, -0.2) is 129 Å². The minimum absolute atomic E-state index is 0.0449. The van der Waals surface area contributed by atoms with Gasteiger partial charge < -0.3 is 45.1 Å². The number of nitrogens with one attached hydrogen (secondary N) is 3. The lowest BCUT2D eigenvalue weighted by molar-refractivity contribution is -0.139. The average molecular weight is 1080 g/mol. The van der Waals surface area contributed by atoms with Crippen molar-refractivity contribution in [1.82, 2.24) is 16.0 Å². The molecule has 4 atom stereocenters.